The molecular weight excluding hydrogens is 307 g/mol. The molecule has 0 aromatic heterocycles. The van der Waals surface area contributed by atoms with Gasteiger partial charge in [0.25, 0.3) is 5.91 Å². The highest BCUT2D eigenvalue weighted by molar-refractivity contribution is 6.31. The molecule has 0 aliphatic rings. The van der Waals surface area contributed by atoms with Crippen LogP contribution >= 0.6 is 23.2 Å². The molecule has 0 saturated heterocycles. The van der Waals surface area contributed by atoms with Gasteiger partial charge in [0.05, 0.1) is 5.56 Å². The molecule has 2 aromatic carbocycles. The maximum Gasteiger partial charge on any atom is 0.256 e. The molecule has 0 bridgehead atoms. The topological polar surface area (TPSA) is 46.3 Å². The minimum Gasteiger partial charge on any atom is -0.398 e. The van der Waals surface area contributed by atoms with Gasteiger partial charge in [-0.05, 0) is 36.8 Å². The van der Waals surface area contributed by atoms with Crippen molar-refractivity contribution < 1.29 is 4.79 Å². The van der Waals surface area contributed by atoms with Gasteiger partial charge >= 0.3 is 0 Å². The van der Waals surface area contributed by atoms with Crippen molar-refractivity contribution in [2.24, 2.45) is 0 Å². The molecule has 5 heteroatoms. The SMILES string of the molecule is CCN(Cc1ccccc1Cl)C(=O)c1cc(Cl)ccc1N. The van der Waals surface area contributed by atoms with Gasteiger partial charge in [0.15, 0.2) is 0 Å². The zero-order valence-corrected chi connectivity index (χ0v) is 13.2. The fourth-order valence-corrected chi connectivity index (χ4v) is 2.41. The fourth-order valence-electron chi connectivity index (χ4n) is 2.04. The Balaban J connectivity index is 2.27. The van der Waals surface area contributed by atoms with Gasteiger partial charge in [-0.15, -0.1) is 0 Å². The number of hydrogen-bond acceptors (Lipinski definition) is 2. The normalized spacial score (nSPS) is 10.4. The molecule has 0 unspecified atom stereocenters. The minimum absolute atomic E-state index is 0.155. The van der Waals surface area contributed by atoms with Crippen LogP contribution in [0.1, 0.15) is 22.8 Å². The Labute approximate surface area is 134 Å². The van der Waals surface area contributed by atoms with E-state index in [0.717, 1.165) is 5.56 Å². The third kappa shape index (κ3) is 3.69. The van der Waals surface area contributed by atoms with Crippen LogP contribution in [0.25, 0.3) is 0 Å². The number of anilines is 1. The second kappa shape index (κ2) is 6.83. The zero-order chi connectivity index (χ0) is 15.4. The van der Waals surface area contributed by atoms with Gasteiger partial charge in [-0.1, -0.05) is 41.4 Å². The third-order valence-electron chi connectivity index (χ3n) is 3.23. The minimum atomic E-state index is -0.155. The van der Waals surface area contributed by atoms with Crippen LogP contribution in [-0.4, -0.2) is 17.4 Å². The van der Waals surface area contributed by atoms with Crippen LogP contribution in [0.15, 0.2) is 42.5 Å². The summed E-state index contributed by atoms with van der Waals surface area (Å²) in [4.78, 5) is 14.3. The summed E-state index contributed by atoms with van der Waals surface area (Å²) >= 11 is 12.1. The molecule has 1 amide bonds. The van der Waals surface area contributed by atoms with Crippen LogP contribution in [0.3, 0.4) is 0 Å². The number of halogens is 2. The van der Waals surface area contributed by atoms with E-state index in [1.165, 1.54) is 0 Å². The Morgan fingerprint density at radius 2 is 1.90 bits per heavy atom. The van der Waals surface area contributed by atoms with Crippen LogP contribution in [0.4, 0.5) is 5.69 Å². The Morgan fingerprint density at radius 3 is 2.57 bits per heavy atom. The number of benzene rings is 2. The molecule has 0 atom stereocenters. The first-order valence-corrected chi connectivity index (χ1v) is 7.36. The molecule has 0 fully saturated rings. The molecule has 2 N–H and O–H groups in total. The zero-order valence-electron chi connectivity index (χ0n) is 11.6. The molecular formula is C16H16Cl2N2O. The molecule has 0 spiro atoms. The predicted octanol–water partition coefficient (Wildman–Crippen LogP) is 4.24. The molecule has 0 radical (unpaired) electrons. The maximum absolute atomic E-state index is 12.6. The van der Waals surface area contributed by atoms with E-state index in [0.29, 0.717) is 34.4 Å². The van der Waals surface area contributed by atoms with Crippen LogP contribution < -0.4 is 5.73 Å². The smallest absolute Gasteiger partial charge is 0.256 e. The van der Waals surface area contributed by atoms with E-state index in [1.54, 1.807) is 23.1 Å². The third-order valence-corrected chi connectivity index (χ3v) is 3.84. The van der Waals surface area contributed by atoms with E-state index in [4.69, 9.17) is 28.9 Å². The number of nitrogen functional groups attached to an aromatic ring is 1. The first-order valence-electron chi connectivity index (χ1n) is 6.60. The first-order chi connectivity index (χ1) is 10.0. The average molecular weight is 323 g/mol. The summed E-state index contributed by atoms with van der Waals surface area (Å²) in [6, 6.07) is 12.4. The summed E-state index contributed by atoms with van der Waals surface area (Å²) in [6.07, 6.45) is 0. The Kier molecular flexibility index (Phi) is 5.10. The van der Waals surface area contributed by atoms with Crippen LogP contribution in [0.2, 0.25) is 10.0 Å². The Hall–Kier alpha value is -1.71. The molecule has 0 heterocycles. The monoisotopic (exact) mass is 322 g/mol. The van der Waals surface area contributed by atoms with E-state index < -0.39 is 0 Å². The van der Waals surface area contributed by atoms with E-state index in [2.05, 4.69) is 0 Å². The summed E-state index contributed by atoms with van der Waals surface area (Å²) < 4.78 is 0. The standard InChI is InChI=1S/C16H16Cl2N2O/c1-2-20(10-11-5-3-4-6-14(11)18)16(21)13-9-12(17)7-8-15(13)19/h3-9H,2,10,19H2,1H3. The summed E-state index contributed by atoms with van der Waals surface area (Å²) in [6.45, 7) is 2.90. The van der Waals surface area contributed by atoms with Crippen molar-refractivity contribution >= 4 is 34.8 Å². The lowest BCUT2D eigenvalue weighted by atomic mass is 10.1. The van der Waals surface area contributed by atoms with Crippen LogP contribution in [-0.2, 0) is 6.54 Å². The number of rotatable bonds is 4. The molecule has 0 aliphatic carbocycles. The van der Waals surface area contributed by atoms with Crippen LogP contribution in [0.5, 0.6) is 0 Å². The summed E-state index contributed by atoms with van der Waals surface area (Å²) in [7, 11) is 0. The van der Waals surface area contributed by atoms with E-state index in [-0.39, 0.29) is 5.91 Å². The van der Waals surface area contributed by atoms with Gasteiger partial charge in [0.1, 0.15) is 0 Å². The van der Waals surface area contributed by atoms with Gasteiger partial charge in [-0.2, -0.15) is 0 Å². The van der Waals surface area contributed by atoms with Gasteiger partial charge < -0.3 is 10.6 Å². The lowest BCUT2D eigenvalue weighted by Gasteiger charge is -2.22. The molecule has 0 aliphatic heterocycles. The van der Waals surface area contributed by atoms with Crippen molar-refractivity contribution in [1.29, 1.82) is 0 Å². The van der Waals surface area contributed by atoms with Gasteiger partial charge in [-0.25, -0.2) is 0 Å². The van der Waals surface area contributed by atoms with Crippen molar-refractivity contribution in [3.8, 4) is 0 Å². The van der Waals surface area contributed by atoms with Crippen molar-refractivity contribution in [3.63, 3.8) is 0 Å². The van der Waals surface area contributed by atoms with E-state index in [9.17, 15) is 4.79 Å². The number of amides is 1. The lowest BCUT2D eigenvalue weighted by molar-refractivity contribution is 0.0753. The fraction of sp³-hybridized carbons (Fsp3) is 0.188. The summed E-state index contributed by atoms with van der Waals surface area (Å²) in [5.41, 5.74) is 7.60. The highest BCUT2D eigenvalue weighted by Gasteiger charge is 2.18. The van der Waals surface area contributed by atoms with E-state index in [1.807, 2.05) is 31.2 Å². The highest BCUT2D eigenvalue weighted by atomic mass is 35.5. The van der Waals surface area contributed by atoms with Gasteiger partial charge in [0.2, 0.25) is 0 Å². The van der Waals surface area contributed by atoms with Crippen molar-refractivity contribution in [1.82, 2.24) is 4.90 Å². The quantitative estimate of drug-likeness (QED) is 0.856. The summed E-state index contributed by atoms with van der Waals surface area (Å²) in [5, 5.41) is 1.13. The molecule has 0 saturated carbocycles. The Morgan fingerprint density at radius 1 is 1.19 bits per heavy atom. The van der Waals surface area contributed by atoms with Gasteiger partial charge in [-0.3, -0.25) is 4.79 Å². The summed E-state index contributed by atoms with van der Waals surface area (Å²) in [5.74, 6) is -0.155. The maximum atomic E-state index is 12.6. The number of hydrogen-bond donors (Lipinski definition) is 1. The van der Waals surface area contributed by atoms with Crippen LogP contribution in [0, 0.1) is 0 Å². The number of carbonyl (C=O) groups is 1. The van der Waals surface area contributed by atoms with E-state index >= 15 is 0 Å². The predicted molar refractivity (Wildman–Crippen MR) is 87.7 cm³/mol. The molecule has 21 heavy (non-hydrogen) atoms. The number of nitrogens with zero attached hydrogens (tertiary/aromatic N) is 1. The first kappa shape index (κ1) is 15.7. The molecule has 3 nitrogen and oxygen atoms in total. The molecule has 2 rings (SSSR count). The number of nitrogens with two attached hydrogens (primary N) is 1. The molecule has 2 aromatic rings. The average Bonchev–Trinajstić information content (AvgIpc) is 2.48. The molecule has 110 valence electrons. The van der Waals surface area contributed by atoms with Gasteiger partial charge in [0, 0.05) is 28.8 Å². The van der Waals surface area contributed by atoms with Crippen molar-refractivity contribution in [3.05, 3.63) is 63.6 Å². The second-order valence-electron chi connectivity index (χ2n) is 4.64. The van der Waals surface area contributed by atoms with Crippen molar-refractivity contribution in [2.45, 2.75) is 13.5 Å². The highest BCUT2D eigenvalue weighted by Crippen LogP contribution is 2.22. The second-order valence-corrected chi connectivity index (χ2v) is 5.49. The number of carbonyl (C=O) groups excluding carboxylic acids is 1. The Bertz CT molecular complexity index is 658. The van der Waals surface area contributed by atoms with Crippen molar-refractivity contribution in [2.75, 3.05) is 12.3 Å². The lowest BCUT2D eigenvalue weighted by Crippen LogP contribution is -2.31. The largest absolute Gasteiger partial charge is 0.398 e.